The molecule has 4 aromatic rings. The van der Waals surface area contributed by atoms with Gasteiger partial charge >= 0.3 is 5.97 Å². The first-order chi connectivity index (χ1) is 20.7. The summed E-state index contributed by atoms with van der Waals surface area (Å²) in [4.78, 5) is 26.7. The van der Waals surface area contributed by atoms with E-state index >= 15 is 0 Å². The number of hydrogen-bond donors (Lipinski definition) is 10. The zero-order valence-corrected chi connectivity index (χ0v) is 22.3. The molecule has 232 valence electrons. The average molecular weight is 616 g/mol. The highest BCUT2D eigenvalue weighted by Gasteiger charge is 2.44. The molecule has 1 saturated heterocycles. The van der Waals surface area contributed by atoms with Crippen molar-refractivity contribution >= 4 is 16.9 Å². The molecule has 5 atom stereocenters. The molecule has 5 rings (SSSR count). The Morgan fingerprint density at radius 3 is 2.09 bits per heavy atom. The van der Waals surface area contributed by atoms with E-state index in [2.05, 4.69) is 0 Å². The van der Waals surface area contributed by atoms with Crippen molar-refractivity contribution in [2.24, 2.45) is 0 Å². The molecule has 2 heterocycles. The van der Waals surface area contributed by atoms with Crippen LogP contribution in [0.5, 0.6) is 51.7 Å². The van der Waals surface area contributed by atoms with Crippen LogP contribution < -0.4 is 14.9 Å². The molecule has 1 fully saturated rings. The third kappa shape index (κ3) is 5.07. The van der Waals surface area contributed by atoms with E-state index in [1.165, 1.54) is 6.92 Å². The van der Waals surface area contributed by atoms with Crippen LogP contribution in [0.15, 0.2) is 45.6 Å². The van der Waals surface area contributed by atoms with Gasteiger partial charge in [0.15, 0.2) is 34.5 Å². The molecule has 16 nitrogen and oxygen atoms in total. The van der Waals surface area contributed by atoms with Gasteiger partial charge in [-0.25, -0.2) is 4.79 Å². The molecule has 0 unspecified atom stereocenters. The standard InChI is InChI=1S/C28H24O16/c1-8-18(34)22(38)23(39)28(41-8)44-26-21(37)17-13(31)6-10(29)7-16(17)42-25(26)11-2-3-12(30)20(36)24(11)43-27(40)9-4-14(32)19(35)15(33)5-9/h2-8,18,22-23,28-36,38-39H,1H3/t8-,18-,22+,23+,28-/m1/s1. The third-order valence-electron chi connectivity index (χ3n) is 6.82. The Morgan fingerprint density at radius 2 is 1.43 bits per heavy atom. The van der Waals surface area contributed by atoms with Gasteiger partial charge in [0.2, 0.25) is 23.2 Å². The summed E-state index contributed by atoms with van der Waals surface area (Å²) in [5, 5.41) is 101. The van der Waals surface area contributed by atoms with Crippen molar-refractivity contribution in [2.45, 2.75) is 37.6 Å². The van der Waals surface area contributed by atoms with E-state index in [0.717, 1.165) is 36.4 Å². The summed E-state index contributed by atoms with van der Waals surface area (Å²) in [7, 11) is 0. The van der Waals surface area contributed by atoms with E-state index in [0.29, 0.717) is 0 Å². The number of fused-ring (bicyclic) bond motifs is 1. The number of carbonyl (C=O) groups is 1. The maximum atomic E-state index is 13.7. The molecule has 0 radical (unpaired) electrons. The number of carbonyl (C=O) groups excluding carboxylic acids is 1. The second-order valence-electron chi connectivity index (χ2n) is 9.79. The number of benzene rings is 3. The number of esters is 1. The van der Waals surface area contributed by atoms with Crippen LogP contribution >= 0.6 is 0 Å². The van der Waals surface area contributed by atoms with Crippen molar-refractivity contribution in [2.75, 3.05) is 0 Å². The lowest BCUT2D eigenvalue weighted by Crippen LogP contribution is -2.58. The van der Waals surface area contributed by atoms with Crippen LogP contribution in [-0.4, -0.2) is 87.7 Å². The predicted octanol–water partition coefficient (Wildman–Crippen LogP) is 0.825. The smallest absolute Gasteiger partial charge is 0.343 e. The number of aliphatic hydroxyl groups is 3. The van der Waals surface area contributed by atoms with E-state index < -0.39 is 122 Å². The number of phenols is 7. The van der Waals surface area contributed by atoms with Gasteiger partial charge in [0, 0.05) is 12.1 Å². The van der Waals surface area contributed by atoms with Gasteiger partial charge in [-0.2, -0.15) is 0 Å². The summed E-state index contributed by atoms with van der Waals surface area (Å²) in [6.07, 6.45) is -8.22. The van der Waals surface area contributed by atoms with Gasteiger partial charge in [-0.15, -0.1) is 0 Å². The van der Waals surface area contributed by atoms with Gasteiger partial charge in [-0.05, 0) is 31.2 Å². The van der Waals surface area contributed by atoms with Crippen molar-refractivity contribution in [3.8, 4) is 63.1 Å². The topological polar surface area (TPSA) is 277 Å². The largest absolute Gasteiger partial charge is 0.508 e. The first-order valence-corrected chi connectivity index (χ1v) is 12.6. The molecule has 1 aliphatic rings. The molecule has 44 heavy (non-hydrogen) atoms. The van der Waals surface area contributed by atoms with Crippen LogP contribution in [0.4, 0.5) is 0 Å². The van der Waals surface area contributed by atoms with E-state index in [4.69, 9.17) is 18.6 Å². The van der Waals surface area contributed by atoms with Gasteiger partial charge < -0.3 is 69.7 Å². The van der Waals surface area contributed by atoms with Gasteiger partial charge in [0.1, 0.15) is 40.8 Å². The number of aromatic hydroxyl groups is 7. The molecule has 0 bridgehead atoms. The van der Waals surface area contributed by atoms with E-state index in [1.807, 2.05) is 0 Å². The SMILES string of the molecule is C[C@H]1O[C@H](Oc2c(-c3ccc(O)c(O)c3OC(=O)c3cc(O)c(O)c(O)c3)oc3cc(O)cc(O)c3c2=O)[C@@H](O)[C@@H](O)[C@@H]1O. The highest BCUT2D eigenvalue weighted by Crippen LogP contribution is 2.47. The minimum absolute atomic E-state index is 0.443. The first-order valence-electron chi connectivity index (χ1n) is 12.6. The number of rotatable bonds is 5. The molecular weight excluding hydrogens is 592 g/mol. The summed E-state index contributed by atoms with van der Waals surface area (Å²) >= 11 is 0. The molecule has 3 aromatic carbocycles. The second-order valence-corrected chi connectivity index (χ2v) is 9.79. The number of hydrogen-bond acceptors (Lipinski definition) is 16. The van der Waals surface area contributed by atoms with Crippen molar-refractivity contribution in [3.63, 3.8) is 0 Å². The highest BCUT2D eigenvalue weighted by atomic mass is 16.7. The fourth-order valence-corrected chi connectivity index (χ4v) is 4.50. The Bertz CT molecular complexity index is 1820. The third-order valence-corrected chi connectivity index (χ3v) is 6.82. The zero-order valence-electron chi connectivity index (χ0n) is 22.3. The molecule has 16 heteroatoms. The lowest BCUT2D eigenvalue weighted by atomic mass is 10.00. The Kier molecular flexibility index (Phi) is 7.52. The van der Waals surface area contributed by atoms with Crippen molar-refractivity contribution in [3.05, 3.63) is 52.2 Å². The van der Waals surface area contributed by atoms with Crippen LogP contribution in [0.3, 0.4) is 0 Å². The van der Waals surface area contributed by atoms with Crippen LogP contribution in [0, 0.1) is 0 Å². The monoisotopic (exact) mass is 616 g/mol. The van der Waals surface area contributed by atoms with Crippen molar-refractivity contribution in [1.82, 2.24) is 0 Å². The van der Waals surface area contributed by atoms with Crippen LogP contribution in [0.1, 0.15) is 17.3 Å². The zero-order chi connectivity index (χ0) is 32.2. The Balaban J connectivity index is 1.71. The van der Waals surface area contributed by atoms with Crippen LogP contribution in [0.25, 0.3) is 22.3 Å². The molecule has 0 aliphatic carbocycles. The molecule has 1 aliphatic heterocycles. The van der Waals surface area contributed by atoms with Crippen LogP contribution in [0.2, 0.25) is 0 Å². The second kappa shape index (κ2) is 11.0. The Hall–Kier alpha value is -5.42. The Morgan fingerprint density at radius 1 is 0.773 bits per heavy atom. The van der Waals surface area contributed by atoms with E-state index in [1.54, 1.807) is 0 Å². The number of aliphatic hydroxyl groups excluding tert-OH is 3. The number of ether oxygens (including phenoxy) is 3. The summed E-state index contributed by atoms with van der Waals surface area (Å²) in [6.45, 7) is 1.34. The lowest BCUT2D eigenvalue weighted by molar-refractivity contribution is -0.268. The Labute approximate surface area is 244 Å². The lowest BCUT2D eigenvalue weighted by Gasteiger charge is -2.38. The number of phenolic OH excluding ortho intramolecular Hbond substituents is 7. The molecule has 0 spiro atoms. The normalized spacial score (nSPS) is 21.7. The van der Waals surface area contributed by atoms with Crippen molar-refractivity contribution < 1.29 is 74.5 Å². The molecule has 1 aromatic heterocycles. The van der Waals surface area contributed by atoms with Gasteiger partial charge in [-0.3, -0.25) is 4.79 Å². The predicted molar refractivity (Wildman–Crippen MR) is 144 cm³/mol. The summed E-state index contributed by atoms with van der Waals surface area (Å²) < 4.78 is 22.0. The fraction of sp³-hybridized carbons (Fsp3) is 0.214. The molecule has 0 amide bonds. The van der Waals surface area contributed by atoms with Gasteiger partial charge in [0.05, 0.1) is 17.2 Å². The van der Waals surface area contributed by atoms with Gasteiger partial charge in [0.25, 0.3) is 0 Å². The van der Waals surface area contributed by atoms with Gasteiger partial charge in [-0.1, -0.05) is 0 Å². The minimum Gasteiger partial charge on any atom is -0.508 e. The fourth-order valence-electron chi connectivity index (χ4n) is 4.50. The maximum absolute atomic E-state index is 13.7. The maximum Gasteiger partial charge on any atom is 0.343 e. The first kappa shape index (κ1) is 30.1. The average Bonchev–Trinajstić information content (AvgIpc) is 2.96. The van der Waals surface area contributed by atoms with Crippen molar-refractivity contribution in [1.29, 1.82) is 0 Å². The quantitative estimate of drug-likeness (QED) is 0.0844. The summed E-state index contributed by atoms with van der Waals surface area (Å²) in [5.41, 5.74) is -2.60. The summed E-state index contributed by atoms with van der Waals surface area (Å²) in [5.74, 6) is -9.69. The molecular formula is C28H24O16. The molecule has 0 saturated carbocycles. The highest BCUT2D eigenvalue weighted by molar-refractivity contribution is 5.95. The summed E-state index contributed by atoms with van der Waals surface area (Å²) in [6, 6.07) is 5.10. The molecule has 10 N–H and O–H groups in total. The van der Waals surface area contributed by atoms with Crippen LogP contribution in [-0.2, 0) is 4.74 Å². The van der Waals surface area contributed by atoms with E-state index in [9.17, 15) is 60.7 Å². The minimum atomic E-state index is -1.93. The van der Waals surface area contributed by atoms with E-state index in [-0.39, 0.29) is 0 Å².